The summed E-state index contributed by atoms with van der Waals surface area (Å²) in [6, 6.07) is 17.7. The van der Waals surface area contributed by atoms with Gasteiger partial charge in [0.2, 0.25) is 0 Å². The van der Waals surface area contributed by atoms with E-state index in [0.29, 0.717) is 0 Å². The fraction of sp³-hybridized carbons (Fsp3) is 0.133. The summed E-state index contributed by atoms with van der Waals surface area (Å²) in [5.74, 6) is 0. The maximum absolute atomic E-state index is 9.30. The van der Waals surface area contributed by atoms with Gasteiger partial charge in [0, 0.05) is 15.7 Å². The number of hydrogen-bond acceptors (Lipinski definition) is 2. The lowest BCUT2D eigenvalue weighted by Gasteiger charge is -2.15. The summed E-state index contributed by atoms with van der Waals surface area (Å²) in [6.07, 6.45) is 0. The zero-order chi connectivity index (χ0) is 13.0. The average Bonchev–Trinajstić information content (AvgIpc) is 2.38. The molecule has 0 aliphatic heterocycles. The fourth-order valence-electron chi connectivity index (χ4n) is 1.75. The van der Waals surface area contributed by atoms with Crippen LogP contribution in [0.15, 0.2) is 53.0 Å². The molecular weight excluding hydrogens is 288 g/mol. The standard InChI is InChI=1S/C15H13BrN2/c1-11-7-8-13(14(16)9-11)15(10-17)18-12-5-3-2-4-6-12/h2-9,15,18H,1H3. The second-order valence-corrected chi connectivity index (χ2v) is 4.95. The van der Waals surface area contributed by atoms with E-state index in [1.165, 1.54) is 5.56 Å². The number of para-hydroxylation sites is 1. The second kappa shape index (κ2) is 5.70. The van der Waals surface area contributed by atoms with E-state index in [2.05, 4.69) is 27.3 Å². The molecule has 0 aromatic heterocycles. The van der Waals surface area contributed by atoms with Crippen LogP contribution in [0.2, 0.25) is 0 Å². The highest BCUT2D eigenvalue weighted by Gasteiger charge is 2.13. The van der Waals surface area contributed by atoms with E-state index < -0.39 is 0 Å². The van der Waals surface area contributed by atoms with Crippen LogP contribution >= 0.6 is 15.9 Å². The molecule has 0 aliphatic rings. The van der Waals surface area contributed by atoms with Crippen LogP contribution < -0.4 is 5.32 Å². The Hall–Kier alpha value is -1.79. The van der Waals surface area contributed by atoms with Gasteiger partial charge >= 0.3 is 0 Å². The molecule has 0 fully saturated rings. The van der Waals surface area contributed by atoms with Gasteiger partial charge in [-0.05, 0) is 30.7 Å². The maximum atomic E-state index is 9.30. The molecule has 0 bridgehead atoms. The molecule has 1 unspecified atom stereocenters. The number of hydrogen-bond donors (Lipinski definition) is 1. The molecule has 90 valence electrons. The normalized spacial score (nSPS) is 11.6. The Balaban J connectivity index is 2.27. The molecule has 2 rings (SSSR count). The highest BCUT2D eigenvalue weighted by atomic mass is 79.9. The molecule has 0 spiro atoms. The van der Waals surface area contributed by atoms with E-state index in [1.54, 1.807) is 0 Å². The lowest BCUT2D eigenvalue weighted by Crippen LogP contribution is -2.09. The number of anilines is 1. The lowest BCUT2D eigenvalue weighted by molar-refractivity contribution is 0.988. The highest BCUT2D eigenvalue weighted by molar-refractivity contribution is 9.10. The van der Waals surface area contributed by atoms with Crippen molar-refractivity contribution in [1.29, 1.82) is 5.26 Å². The number of nitrogens with one attached hydrogen (secondary N) is 1. The zero-order valence-electron chi connectivity index (χ0n) is 10.0. The molecule has 0 saturated carbocycles. The number of aryl methyl sites for hydroxylation is 1. The van der Waals surface area contributed by atoms with Crippen molar-refractivity contribution in [2.24, 2.45) is 0 Å². The van der Waals surface area contributed by atoms with E-state index in [9.17, 15) is 5.26 Å². The van der Waals surface area contributed by atoms with Crippen molar-refractivity contribution in [3.05, 3.63) is 64.1 Å². The summed E-state index contributed by atoms with van der Waals surface area (Å²) >= 11 is 3.51. The number of benzene rings is 2. The molecule has 3 heteroatoms. The van der Waals surface area contributed by atoms with Gasteiger partial charge in [0.25, 0.3) is 0 Å². The summed E-state index contributed by atoms with van der Waals surface area (Å²) in [4.78, 5) is 0. The first-order valence-electron chi connectivity index (χ1n) is 5.68. The lowest BCUT2D eigenvalue weighted by atomic mass is 10.1. The Labute approximate surface area is 115 Å². The van der Waals surface area contributed by atoms with Gasteiger partial charge in [-0.15, -0.1) is 0 Å². The summed E-state index contributed by atoms with van der Waals surface area (Å²) in [6.45, 7) is 2.03. The average molecular weight is 301 g/mol. The Kier molecular flexibility index (Phi) is 4.01. The number of halogens is 1. The smallest absolute Gasteiger partial charge is 0.141 e. The van der Waals surface area contributed by atoms with Crippen LogP contribution in [0.5, 0.6) is 0 Å². The number of rotatable bonds is 3. The Morgan fingerprint density at radius 3 is 2.50 bits per heavy atom. The molecule has 0 heterocycles. The van der Waals surface area contributed by atoms with E-state index in [-0.39, 0.29) is 6.04 Å². The predicted molar refractivity (Wildman–Crippen MR) is 77.3 cm³/mol. The molecule has 18 heavy (non-hydrogen) atoms. The van der Waals surface area contributed by atoms with Gasteiger partial charge in [-0.2, -0.15) is 5.26 Å². The second-order valence-electron chi connectivity index (χ2n) is 4.10. The summed E-state index contributed by atoms with van der Waals surface area (Å²) in [7, 11) is 0. The summed E-state index contributed by atoms with van der Waals surface area (Å²) in [5, 5.41) is 12.5. The van der Waals surface area contributed by atoms with Gasteiger partial charge in [0.1, 0.15) is 6.04 Å². The summed E-state index contributed by atoms with van der Waals surface area (Å²) in [5.41, 5.74) is 3.06. The third-order valence-corrected chi connectivity index (χ3v) is 3.37. The molecule has 0 radical (unpaired) electrons. The SMILES string of the molecule is Cc1ccc(C(C#N)Nc2ccccc2)c(Br)c1. The Bertz CT molecular complexity index is 573. The van der Waals surface area contributed by atoms with Crippen molar-refractivity contribution in [1.82, 2.24) is 0 Å². The van der Waals surface area contributed by atoms with Gasteiger partial charge in [-0.25, -0.2) is 0 Å². The van der Waals surface area contributed by atoms with E-state index in [4.69, 9.17) is 0 Å². The predicted octanol–water partition coefficient (Wildman–Crippen LogP) is 4.43. The number of nitrogens with zero attached hydrogens (tertiary/aromatic N) is 1. The van der Waals surface area contributed by atoms with Crippen LogP contribution in [0.1, 0.15) is 17.2 Å². The molecule has 1 N–H and O–H groups in total. The van der Waals surface area contributed by atoms with Crippen LogP contribution in [0.3, 0.4) is 0 Å². The van der Waals surface area contributed by atoms with Gasteiger partial charge < -0.3 is 5.32 Å². The van der Waals surface area contributed by atoms with Crippen LogP contribution in [0.4, 0.5) is 5.69 Å². The van der Waals surface area contributed by atoms with E-state index >= 15 is 0 Å². The maximum Gasteiger partial charge on any atom is 0.141 e. The molecule has 2 aromatic carbocycles. The molecule has 2 nitrogen and oxygen atoms in total. The molecule has 0 aliphatic carbocycles. The van der Waals surface area contributed by atoms with Crippen molar-refractivity contribution in [3.8, 4) is 6.07 Å². The van der Waals surface area contributed by atoms with Crippen molar-refractivity contribution in [2.45, 2.75) is 13.0 Å². The highest BCUT2D eigenvalue weighted by Crippen LogP contribution is 2.27. The molecule has 2 aromatic rings. The first-order chi connectivity index (χ1) is 8.70. The van der Waals surface area contributed by atoms with Crippen molar-refractivity contribution < 1.29 is 0 Å². The van der Waals surface area contributed by atoms with Gasteiger partial charge in [0.15, 0.2) is 0 Å². The van der Waals surface area contributed by atoms with Crippen LogP contribution in [0, 0.1) is 18.3 Å². The minimum Gasteiger partial charge on any atom is -0.366 e. The van der Waals surface area contributed by atoms with Gasteiger partial charge in [-0.1, -0.05) is 46.3 Å². The monoisotopic (exact) mass is 300 g/mol. The van der Waals surface area contributed by atoms with Crippen molar-refractivity contribution in [2.75, 3.05) is 5.32 Å². The van der Waals surface area contributed by atoms with Crippen LogP contribution in [0.25, 0.3) is 0 Å². The van der Waals surface area contributed by atoms with E-state index in [1.807, 2.05) is 55.5 Å². The molecule has 0 saturated heterocycles. The Morgan fingerprint density at radius 1 is 1.17 bits per heavy atom. The third kappa shape index (κ3) is 2.91. The van der Waals surface area contributed by atoms with Gasteiger partial charge in [-0.3, -0.25) is 0 Å². The van der Waals surface area contributed by atoms with Crippen molar-refractivity contribution in [3.63, 3.8) is 0 Å². The van der Waals surface area contributed by atoms with Crippen LogP contribution in [-0.4, -0.2) is 0 Å². The minimum atomic E-state index is -0.359. The first-order valence-corrected chi connectivity index (χ1v) is 6.47. The quantitative estimate of drug-likeness (QED) is 0.910. The van der Waals surface area contributed by atoms with E-state index in [0.717, 1.165) is 15.7 Å². The van der Waals surface area contributed by atoms with Gasteiger partial charge in [0.05, 0.1) is 6.07 Å². The Morgan fingerprint density at radius 2 is 1.89 bits per heavy atom. The number of nitriles is 1. The van der Waals surface area contributed by atoms with Crippen molar-refractivity contribution >= 4 is 21.6 Å². The minimum absolute atomic E-state index is 0.359. The fourth-order valence-corrected chi connectivity index (χ4v) is 2.47. The molecular formula is C15H13BrN2. The van der Waals surface area contributed by atoms with Crippen LogP contribution in [-0.2, 0) is 0 Å². The zero-order valence-corrected chi connectivity index (χ0v) is 11.6. The largest absolute Gasteiger partial charge is 0.366 e. The first kappa shape index (κ1) is 12.7. The third-order valence-electron chi connectivity index (χ3n) is 2.68. The summed E-state index contributed by atoms with van der Waals surface area (Å²) < 4.78 is 0.956. The topological polar surface area (TPSA) is 35.8 Å². The molecule has 0 amide bonds. The molecule has 1 atom stereocenters.